The molecule has 0 saturated heterocycles. The van der Waals surface area contributed by atoms with E-state index in [1.807, 2.05) is 0 Å². The Bertz CT molecular complexity index is 687. The van der Waals surface area contributed by atoms with Crippen LogP contribution in [0, 0.1) is 6.92 Å². The van der Waals surface area contributed by atoms with Crippen molar-refractivity contribution in [2.45, 2.75) is 26.1 Å². The normalized spacial score (nSPS) is 14.1. The Morgan fingerprint density at radius 2 is 2.00 bits per heavy atom. The van der Waals surface area contributed by atoms with Crippen LogP contribution in [-0.2, 0) is 15.5 Å². The van der Waals surface area contributed by atoms with Gasteiger partial charge in [0.2, 0.25) is 0 Å². The van der Waals surface area contributed by atoms with Crippen LogP contribution < -0.4 is 5.32 Å². The molecule has 2 amide bonds. The minimum Gasteiger partial charge on any atom is -0.349 e. The van der Waals surface area contributed by atoms with Gasteiger partial charge in [-0.3, -0.25) is 14.4 Å². The number of benzene rings is 1. The largest absolute Gasteiger partial charge is 0.474 e. The van der Waals surface area contributed by atoms with Gasteiger partial charge in [0.15, 0.2) is 6.29 Å². The van der Waals surface area contributed by atoms with Crippen LogP contribution in [0.1, 0.15) is 33.2 Å². The lowest BCUT2D eigenvalue weighted by Gasteiger charge is -2.16. The maximum absolute atomic E-state index is 12.3. The minimum atomic E-state index is -4.99. The monoisotopic (exact) mass is 362 g/mol. The van der Waals surface area contributed by atoms with Gasteiger partial charge in [0.1, 0.15) is 0 Å². The van der Waals surface area contributed by atoms with Crippen LogP contribution in [0.2, 0.25) is 0 Å². The number of nitrogens with zero attached hydrogens (tertiary/aromatic N) is 1. The molecule has 0 aromatic heterocycles. The Kier molecular flexibility index (Phi) is 6.82. The van der Waals surface area contributed by atoms with Crippen molar-refractivity contribution in [1.29, 1.82) is 0 Å². The van der Waals surface area contributed by atoms with Crippen LogP contribution in [0.3, 0.4) is 0 Å². The van der Waals surface area contributed by atoms with E-state index in [1.165, 1.54) is 12.3 Å². The molecule has 1 aromatic carbocycles. The van der Waals surface area contributed by atoms with Gasteiger partial charge < -0.3 is 5.32 Å². The SMILES string of the molecule is Cc1cccc(C=O)c1C(=O)NC(C)CS(C)=NC(=O)C(F)(F)F. The van der Waals surface area contributed by atoms with Gasteiger partial charge in [-0.05, 0) is 25.7 Å². The molecule has 0 fully saturated rings. The molecule has 24 heavy (non-hydrogen) atoms. The maximum Gasteiger partial charge on any atom is 0.474 e. The number of hydrogen-bond acceptors (Lipinski definition) is 3. The molecular weight excluding hydrogens is 345 g/mol. The summed E-state index contributed by atoms with van der Waals surface area (Å²) < 4.78 is 39.6. The second kappa shape index (κ2) is 8.18. The Morgan fingerprint density at radius 3 is 2.54 bits per heavy atom. The topological polar surface area (TPSA) is 75.6 Å². The predicted octanol–water partition coefficient (Wildman–Crippen LogP) is 2.45. The molecule has 5 nitrogen and oxygen atoms in total. The van der Waals surface area contributed by atoms with Crippen LogP contribution >= 0.6 is 0 Å². The van der Waals surface area contributed by atoms with E-state index in [0.29, 0.717) is 11.8 Å². The third-order valence-electron chi connectivity index (χ3n) is 3.01. The van der Waals surface area contributed by atoms with Gasteiger partial charge in [0.25, 0.3) is 5.91 Å². The quantitative estimate of drug-likeness (QED) is 0.818. The Labute approximate surface area is 139 Å². The summed E-state index contributed by atoms with van der Waals surface area (Å²) in [4.78, 5) is 34.1. The van der Waals surface area contributed by atoms with Gasteiger partial charge in [-0.1, -0.05) is 28.9 Å². The summed E-state index contributed by atoms with van der Waals surface area (Å²) in [5.74, 6) is -2.55. The average Bonchev–Trinajstić information content (AvgIpc) is 2.44. The summed E-state index contributed by atoms with van der Waals surface area (Å²) in [6.45, 7) is 3.27. The number of halogens is 3. The minimum absolute atomic E-state index is 0.0792. The summed E-state index contributed by atoms with van der Waals surface area (Å²) in [6.07, 6.45) is -3.04. The summed E-state index contributed by atoms with van der Waals surface area (Å²) in [6, 6.07) is 4.30. The molecule has 132 valence electrons. The molecule has 1 aromatic rings. The van der Waals surface area contributed by atoms with E-state index in [2.05, 4.69) is 9.68 Å². The third-order valence-corrected chi connectivity index (χ3v) is 4.47. The van der Waals surface area contributed by atoms with Gasteiger partial charge in [-0.15, -0.1) is 0 Å². The number of aryl methyl sites for hydroxylation is 1. The first-order chi connectivity index (χ1) is 11.1. The van der Waals surface area contributed by atoms with Crippen LogP contribution in [-0.4, -0.2) is 42.3 Å². The molecule has 0 saturated carbocycles. The molecule has 9 heteroatoms. The number of amides is 2. The molecule has 0 aliphatic carbocycles. The van der Waals surface area contributed by atoms with Gasteiger partial charge in [0, 0.05) is 17.4 Å². The van der Waals surface area contributed by atoms with Crippen molar-refractivity contribution >= 4 is 28.8 Å². The molecule has 2 unspecified atom stereocenters. The molecule has 1 N–H and O–H groups in total. The molecule has 2 atom stereocenters. The number of carbonyl (C=O) groups is 3. The van der Waals surface area contributed by atoms with Gasteiger partial charge >= 0.3 is 12.1 Å². The molecule has 0 aliphatic heterocycles. The predicted molar refractivity (Wildman–Crippen MR) is 85.1 cm³/mol. The summed E-state index contributed by atoms with van der Waals surface area (Å²) in [7, 11) is -1.19. The zero-order chi connectivity index (χ0) is 18.5. The maximum atomic E-state index is 12.3. The van der Waals surface area contributed by atoms with E-state index in [-0.39, 0.29) is 16.9 Å². The smallest absolute Gasteiger partial charge is 0.349 e. The van der Waals surface area contributed by atoms with Crippen molar-refractivity contribution in [1.82, 2.24) is 5.32 Å². The zero-order valence-electron chi connectivity index (χ0n) is 13.3. The van der Waals surface area contributed by atoms with Crippen LogP contribution in [0.15, 0.2) is 22.6 Å². The lowest BCUT2D eigenvalue weighted by atomic mass is 10.0. The third kappa shape index (κ3) is 5.55. The van der Waals surface area contributed by atoms with Crippen LogP contribution in [0.25, 0.3) is 0 Å². The summed E-state index contributed by atoms with van der Waals surface area (Å²) >= 11 is 0. The number of hydrogen-bond donors (Lipinski definition) is 1. The van der Waals surface area contributed by atoms with Crippen molar-refractivity contribution in [3.8, 4) is 0 Å². The molecule has 0 radical (unpaired) electrons. The van der Waals surface area contributed by atoms with Gasteiger partial charge in [0.05, 0.1) is 5.56 Å². The Balaban J connectivity index is 2.80. The van der Waals surface area contributed by atoms with Crippen molar-refractivity contribution in [3.05, 3.63) is 34.9 Å². The Morgan fingerprint density at radius 1 is 1.38 bits per heavy atom. The zero-order valence-corrected chi connectivity index (χ0v) is 14.1. The second-order valence-electron chi connectivity index (χ2n) is 5.19. The molecule has 0 heterocycles. The van der Waals surface area contributed by atoms with Crippen LogP contribution in [0.4, 0.5) is 13.2 Å². The second-order valence-corrected chi connectivity index (χ2v) is 6.91. The number of nitrogens with one attached hydrogen (secondary N) is 1. The first-order valence-corrected chi connectivity index (χ1v) is 8.63. The van der Waals surface area contributed by atoms with E-state index in [9.17, 15) is 27.6 Å². The highest BCUT2D eigenvalue weighted by Gasteiger charge is 2.38. The fourth-order valence-electron chi connectivity index (χ4n) is 2.03. The molecule has 0 aliphatic rings. The van der Waals surface area contributed by atoms with Crippen molar-refractivity contribution in [2.75, 3.05) is 12.0 Å². The Hall–Kier alpha value is -2.03. The molecular formula is C15H17F3N2O3S. The highest BCUT2D eigenvalue weighted by Crippen LogP contribution is 2.17. The van der Waals surface area contributed by atoms with E-state index >= 15 is 0 Å². The fourth-order valence-corrected chi connectivity index (χ4v) is 3.30. The molecule has 1 rings (SSSR count). The number of alkyl halides is 3. The highest BCUT2D eigenvalue weighted by molar-refractivity contribution is 7.86. The van der Waals surface area contributed by atoms with E-state index < -0.39 is 34.7 Å². The average molecular weight is 362 g/mol. The van der Waals surface area contributed by atoms with Crippen LogP contribution in [0.5, 0.6) is 0 Å². The first-order valence-electron chi connectivity index (χ1n) is 6.87. The van der Waals surface area contributed by atoms with Gasteiger partial charge in [-0.2, -0.15) is 17.5 Å². The van der Waals surface area contributed by atoms with Crippen molar-refractivity contribution in [3.63, 3.8) is 0 Å². The lowest BCUT2D eigenvalue weighted by Crippen LogP contribution is -2.37. The first kappa shape index (κ1) is 20.0. The van der Waals surface area contributed by atoms with Gasteiger partial charge in [-0.25, -0.2) is 0 Å². The lowest BCUT2D eigenvalue weighted by molar-refractivity contribution is -0.169. The standard InChI is InChI=1S/C15H17F3N2O3S/c1-9-5-4-6-11(7-21)12(9)13(22)19-10(2)8-24(3)20-14(23)15(16,17)18/h4-7,10H,8H2,1-3H3,(H,19,22). The van der Waals surface area contributed by atoms with Crippen molar-refractivity contribution in [2.24, 2.45) is 4.36 Å². The number of carbonyl (C=O) groups excluding carboxylic acids is 3. The van der Waals surface area contributed by atoms with E-state index in [1.54, 1.807) is 26.0 Å². The highest BCUT2D eigenvalue weighted by atomic mass is 32.2. The summed E-state index contributed by atoms with van der Waals surface area (Å²) in [5, 5.41) is 2.61. The summed E-state index contributed by atoms with van der Waals surface area (Å²) in [5.41, 5.74) is 1.06. The van der Waals surface area contributed by atoms with Crippen molar-refractivity contribution < 1.29 is 27.6 Å². The number of rotatable bonds is 5. The number of aldehydes is 1. The molecule has 0 bridgehead atoms. The fraction of sp³-hybridized carbons (Fsp3) is 0.400. The molecule has 0 spiro atoms. The van der Waals surface area contributed by atoms with E-state index in [4.69, 9.17) is 0 Å². The van der Waals surface area contributed by atoms with E-state index in [0.717, 1.165) is 0 Å².